The molecule has 0 radical (unpaired) electrons. The van der Waals surface area contributed by atoms with Crippen LogP contribution in [0.25, 0.3) is 0 Å². The first-order valence-corrected chi connectivity index (χ1v) is 6.78. The third-order valence-electron chi connectivity index (χ3n) is 3.82. The molecule has 0 aliphatic carbocycles. The van der Waals surface area contributed by atoms with Gasteiger partial charge in [-0.1, -0.05) is 17.3 Å². The van der Waals surface area contributed by atoms with Crippen LogP contribution in [0.4, 0.5) is 10.2 Å². The van der Waals surface area contributed by atoms with Gasteiger partial charge in [-0.3, -0.25) is 9.59 Å². The van der Waals surface area contributed by atoms with Crippen LogP contribution < -0.4 is 5.32 Å². The van der Waals surface area contributed by atoms with E-state index in [1.54, 1.807) is 19.2 Å². The number of hydrogen-bond acceptors (Lipinski definition) is 4. The van der Waals surface area contributed by atoms with Gasteiger partial charge in [0.15, 0.2) is 5.82 Å². The third-order valence-corrected chi connectivity index (χ3v) is 3.82. The van der Waals surface area contributed by atoms with Gasteiger partial charge in [-0.15, -0.1) is 0 Å². The Bertz CT molecular complexity index is 685. The summed E-state index contributed by atoms with van der Waals surface area (Å²) in [6.45, 7) is 0. The van der Waals surface area contributed by atoms with Gasteiger partial charge in [-0.2, -0.15) is 0 Å². The number of benzene rings is 1. The van der Waals surface area contributed by atoms with E-state index in [9.17, 15) is 14.0 Å². The Morgan fingerprint density at radius 2 is 2.09 bits per heavy atom. The number of aromatic nitrogens is 1. The maximum Gasteiger partial charge on any atom is 0.231 e. The lowest BCUT2D eigenvalue weighted by Crippen LogP contribution is -2.30. The van der Waals surface area contributed by atoms with E-state index in [-0.39, 0.29) is 24.1 Å². The monoisotopic (exact) mass is 303 g/mol. The third kappa shape index (κ3) is 2.57. The molecule has 0 saturated carbocycles. The molecule has 2 atom stereocenters. The molecule has 1 saturated heterocycles. The number of hydrogen-bond donors (Lipinski definition) is 1. The molecule has 6 nitrogen and oxygen atoms in total. The van der Waals surface area contributed by atoms with Gasteiger partial charge < -0.3 is 14.7 Å². The smallest absolute Gasteiger partial charge is 0.231 e. The van der Waals surface area contributed by atoms with E-state index in [4.69, 9.17) is 0 Å². The number of nitrogens with zero attached hydrogens (tertiary/aromatic N) is 2. The highest BCUT2D eigenvalue weighted by molar-refractivity contribution is 5.97. The van der Waals surface area contributed by atoms with E-state index in [0.29, 0.717) is 5.82 Å². The van der Waals surface area contributed by atoms with Crippen LogP contribution in [0.3, 0.4) is 0 Å². The topological polar surface area (TPSA) is 75.4 Å². The summed E-state index contributed by atoms with van der Waals surface area (Å²) in [6, 6.07) is 6.90. The van der Waals surface area contributed by atoms with Crippen LogP contribution in [0.1, 0.15) is 18.0 Å². The Balaban J connectivity index is 1.86. The molecule has 1 aromatic heterocycles. The average molecular weight is 303 g/mol. The molecule has 2 aromatic rings. The van der Waals surface area contributed by atoms with E-state index >= 15 is 0 Å². The summed E-state index contributed by atoms with van der Waals surface area (Å²) >= 11 is 0. The van der Waals surface area contributed by atoms with Crippen molar-refractivity contribution in [3.8, 4) is 0 Å². The fraction of sp³-hybridized carbons (Fsp3) is 0.267. The fourth-order valence-electron chi connectivity index (χ4n) is 2.72. The minimum absolute atomic E-state index is 0.0994. The number of rotatable bonds is 3. The summed E-state index contributed by atoms with van der Waals surface area (Å²) in [5, 5.41) is 6.24. The normalized spacial score (nSPS) is 21.2. The van der Waals surface area contributed by atoms with E-state index in [1.165, 1.54) is 29.4 Å². The Kier molecular flexibility index (Phi) is 3.62. The zero-order valence-corrected chi connectivity index (χ0v) is 11.8. The van der Waals surface area contributed by atoms with Gasteiger partial charge in [0.05, 0.1) is 12.0 Å². The number of halogens is 1. The SMILES string of the molecule is CN1C(=O)CC(C(=O)Nc2ccon2)C1c1ccc(F)cc1. The first kappa shape index (κ1) is 14.2. The summed E-state index contributed by atoms with van der Waals surface area (Å²) in [4.78, 5) is 25.9. The van der Waals surface area contributed by atoms with E-state index < -0.39 is 12.0 Å². The lowest BCUT2D eigenvalue weighted by atomic mass is 9.93. The lowest BCUT2D eigenvalue weighted by Gasteiger charge is -2.24. The van der Waals surface area contributed by atoms with Crippen molar-refractivity contribution in [2.24, 2.45) is 5.92 Å². The zero-order chi connectivity index (χ0) is 15.7. The van der Waals surface area contributed by atoms with Gasteiger partial charge in [0, 0.05) is 19.5 Å². The average Bonchev–Trinajstić information content (AvgIpc) is 3.10. The van der Waals surface area contributed by atoms with Crippen LogP contribution >= 0.6 is 0 Å². The van der Waals surface area contributed by atoms with Crippen LogP contribution in [-0.2, 0) is 9.59 Å². The fourth-order valence-corrected chi connectivity index (χ4v) is 2.72. The van der Waals surface area contributed by atoms with Gasteiger partial charge in [0.25, 0.3) is 0 Å². The summed E-state index contributed by atoms with van der Waals surface area (Å²) < 4.78 is 17.7. The van der Waals surface area contributed by atoms with Crippen molar-refractivity contribution in [2.45, 2.75) is 12.5 Å². The van der Waals surface area contributed by atoms with Crippen molar-refractivity contribution >= 4 is 17.6 Å². The molecule has 2 amide bonds. The predicted octanol–water partition coefficient (Wildman–Crippen LogP) is 1.97. The molecule has 1 aliphatic heterocycles. The van der Waals surface area contributed by atoms with Crippen molar-refractivity contribution in [2.75, 3.05) is 12.4 Å². The van der Waals surface area contributed by atoms with E-state index in [1.807, 2.05) is 0 Å². The van der Waals surface area contributed by atoms with Crippen LogP contribution in [0, 0.1) is 11.7 Å². The molecule has 0 spiro atoms. The maximum atomic E-state index is 13.1. The van der Waals surface area contributed by atoms with Crippen molar-refractivity contribution in [3.63, 3.8) is 0 Å². The maximum absolute atomic E-state index is 13.1. The summed E-state index contributed by atoms with van der Waals surface area (Å²) in [5.74, 6) is -1.08. The molecule has 2 unspecified atom stereocenters. The number of carbonyl (C=O) groups excluding carboxylic acids is 2. The molecule has 3 rings (SSSR count). The van der Waals surface area contributed by atoms with Crippen LogP contribution in [-0.4, -0.2) is 28.9 Å². The Labute approximate surface area is 125 Å². The Hall–Kier alpha value is -2.70. The van der Waals surface area contributed by atoms with Crippen molar-refractivity contribution < 1.29 is 18.5 Å². The molecule has 114 valence electrons. The molecule has 1 fully saturated rings. The highest BCUT2D eigenvalue weighted by atomic mass is 19.1. The first-order valence-electron chi connectivity index (χ1n) is 6.78. The lowest BCUT2D eigenvalue weighted by molar-refractivity contribution is -0.127. The van der Waals surface area contributed by atoms with Crippen molar-refractivity contribution in [1.29, 1.82) is 0 Å². The second-order valence-corrected chi connectivity index (χ2v) is 5.19. The molecule has 0 bridgehead atoms. The number of amides is 2. The van der Waals surface area contributed by atoms with Crippen LogP contribution in [0.15, 0.2) is 41.1 Å². The summed E-state index contributed by atoms with van der Waals surface area (Å²) in [6.07, 6.45) is 1.45. The zero-order valence-electron chi connectivity index (χ0n) is 11.8. The quantitative estimate of drug-likeness (QED) is 0.940. The molecule has 2 heterocycles. The summed E-state index contributed by atoms with van der Waals surface area (Å²) in [5.41, 5.74) is 0.718. The molecular formula is C15H14FN3O3. The van der Waals surface area contributed by atoms with E-state index in [2.05, 4.69) is 15.0 Å². The number of anilines is 1. The van der Waals surface area contributed by atoms with Gasteiger partial charge in [0.1, 0.15) is 12.1 Å². The van der Waals surface area contributed by atoms with Gasteiger partial charge in [-0.25, -0.2) is 4.39 Å². The van der Waals surface area contributed by atoms with E-state index in [0.717, 1.165) is 5.56 Å². The summed E-state index contributed by atoms with van der Waals surface area (Å²) in [7, 11) is 1.64. The first-order chi connectivity index (χ1) is 10.6. The molecule has 1 aliphatic rings. The molecular weight excluding hydrogens is 289 g/mol. The highest BCUT2D eigenvalue weighted by Crippen LogP contribution is 2.37. The number of likely N-dealkylation sites (tertiary alicyclic amines) is 1. The van der Waals surface area contributed by atoms with Gasteiger partial charge in [0.2, 0.25) is 11.8 Å². The van der Waals surface area contributed by atoms with Gasteiger partial charge >= 0.3 is 0 Å². The second kappa shape index (κ2) is 5.59. The van der Waals surface area contributed by atoms with Crippen LogP contribution in [0.5, 0.6) is 0 Å². The highest BCUT2D eigenvalue weighted by Gasteiger charge is 2.42. The predicted molar refractivity (Wildman–Crippen MR) is 75.2 cm³/mol. The van der Waals surface area contributed by atoms with Gasteiger partial charge in [-0.05, 0) is 17.7 Å². The number of nitrogens with one attached hydrogen (secondary N) is 1. The standard InChI is InChI=1S/C15H14FN3O3/c1-19-13(20)8-11(15(21)17-12-6-7-22-18-12)14(19)9-2-4-10(16)5-3-9/h2-7,11,14H,8H2,1H3,(H,17,18,21). The Morgan fingerprint density at radius 1 is 1.36 bits per heavy atom. The molecule has 22 heavy (non-hydrogen) atoms. The number of carbonyl (C=O) groups is 2. The molecule has 1 N–H and O–H groups in total. The molecule has 1 aromatic carbocycles. The molecule has 7 heteroatoms. The minimum Gasteiger partial charge on any atom is -0.363 e. The largest absolute Gasteiger partial charge is 0.363 e. The minimum atomic E-state index is -0.570. The van der Waals surface area contributed by atoms with Crippen LogP contribution in [0.2, 0.25) is 0 Å². The Morgan fingerprint density at radius 3 is 2.73 bits per heavy atom. The second-order valence-electron chi connectivity index (χ2n) is 5.19. The van der Waals surface area contributed by atoms with Crippen molar-refractivity contribution in [1.82, 2.24) is 10.1 Å². The van der Waals surface area contributed by atoms with Crippen molar-refractivity contribution in [3.05, 3.63) is 48.0 Å².